The van der Waals surface area contributed by atoms with Crippen molar-refractivity contribution >= 4 is 15.9 Å². The summed E-state index contributed by atoms with van der Waals surface area (Å²) < 4.78 is 40.2. The Balaban J connectivity index is 2.90. The van der Waals surface area contributed by atoms with E-state index in [2.05, 4.69) is 10.0 Å². The molecule has 124 valence electrons. The van der Waals surface area contributed by atoms with Crippen molar-refractivity contribution in [3.05, 3.63) is 17.7 Å². The van der Waals surface area contributed by atoms with Crippen molar-refractivity contribution in [3.63, 3.8) is 0 Å². The standard InChI is InChI=1S/C13H20N2O6S/c1-14-22(17,18)6-5-15-13(16)9-7-10(19-2)12(21-4)11(8-9)20-3/h7-8,14H,5-6H2,1-4H3,(H,15,16). The van der Waals surface area contributed by atoms with Crippen LogP contribution in [0, 0.1) is 0 Å². The number of benzene rings is 1. The maximum absolute atomic E-state index is 12.1. The SMILES string of the molecule is CNS(=O)(=O)CCNC(=O)c1cc(OC)c(OC)c(OC)c1. The zero-order chi connectivity index (χ0) is 16.8. The minimum atomic E-state index is -3.37. The maximum Gasteiger partial charge on any atom is 0.251 e. The van der Waals surface area contributed by atoms with Crippen molar-refractivity contribution in [3.8, 4) is 17.2 Å². The Morgan fingerprint density at radius 1 is 1.09 bits per heavy atom. The molecule has 0 unspecified atom stereocenters. The topological polar surface area (TPSA) is 103 Å². The molecule has 1 rings (SSSR count). The summed E-state index contributed by atoms with van der Waals surface area (Å²) in [6.45, 7) is -0.0152. The second-order valence-corrected chi connectivity index (χ2v) is 6.24. The van der Waals surface area contributed by atoms with Crippen LogP contribution in [0.2, 0.25) is 0 Å². The summed E-state index contributed by atoms with van der Waals surface area (Å²) in [6.07, 6.45) is 0. The summed E-state index contributed by atoms with van der Waals surface area (Å²) in [4.78, 5) is 12.1. The summed E-state index contributed by atoms with van der Waals surface area (Å²) in [7, 11) is 2.29. The van der Waals surface area contributed by atoms with E-state index in [4.69, 9.17) is 14.2 Å². The molecule has 1 aromatic carbocycles. The van der Waals surface area contributed by atoms with Gasteiger partial charge in [-0.1, -0.05) is 0 Å². The van der Waals surface area contributed by atoms with Crippen molar-refractivity contribution in [1.29, 1.82) is 0 Å². The van der Waals surface area contributed by atoms with Gasteiger partial charge in [0.1, 0.15) is 0 Å². The molecule has 0 aliphatic heterocycles. The van der Waals surface area contributed by atoms with Crippen LogP contribution in [0.5, 0.6) is 17.2 Å². The van der Waals surface area contributed by atoms with Gasteiger partial charge in [0.25, 0.3) is 5.91 Å². The Labute approximate surface area is 129 Å². The number of nitrogens with one attached hydrogen (secondary N) is 2. The minimum absolute atomic E-state index is 0.0152. The van der Waals surface area contributed by atoms with Gasteiger partial charge in [0.05, 0.1) is 27.1 Å². The zero-order valence-electron chi connectivity index (χ0n) is 12.9. The number of amides is 1. The second-order valence-electron chi connectivity index (χ2n) is 4.19. The van der Waals surface area contributed by atoms with Crippen molar-refractivity contribution in [2.45, 2.75) is 0 Å². The quantitative estimate of drug-likeness (QED) is 0.694. The second kappa shape index (κ2) is 7.85. The molecule has 1 aromatic rings. The number of hydrogen-bond donors (Lipinski definition) is 2. The third kappa shape index (κ3) is 4.50. The van der Waals surface area contributed by atoms with Crippen LogP contribution in [0.4, 0.5) is 0 Å². The summed E-state index contributed by atoms with van der Waals surface area (Å²) in [5.74, 6) is 0.411. The predicted molar refractivity (Wildman–Crippen MR) is 81.3 cm³/mol. The third-order valence-electron chi connectivity index (χ3n) is 2.89. The fourth-order valence-corrected chi connectivity index (χ4v) is 2.29. The van der Waals surface area contributed by atoms with Gasteiger partial charge in [-0.15, -0.1) is 0 Å². The van der Waals surface area contributed by atoms with E-state index in [0.717, 1.165) is 0 Å². The number of hydrogen-bond acceptors (Lipinski definition) is 6. The van der Waals surface area contributed by atoms with E-state index in [1.54, 1.807) is 0 Å². The molecule has 0 saturated carbocycles. The molecule has 2 N–H and O–H groups in total. The number of carbonyl (C=O) groups excluding carboxylic acids is 1. The van der Waals surface area contributed by atoms with Crippen molar-refractivity contribution < 1.29 is 27.4 Å². The molecule has 9 heteroatoms. The Morgan fingerprint density at radius 3 is 2.05 bits per heavy atom. The van der Waals surface area contributed by atoms with Gasteiger partial charge in [0.15, 0.2) is 11.5 Å². The maximum atomic E-state index is 12.1. The molecular formula is C13H20N2O6S. The van der Waals surface area contributed by atoms with E-state index in [1.165, 1.54) is 40.5 Å². The van der Waals surface area contributed by atoms with Crippen LogP contribution in [0.1, 0.15) is 10.4 Å². The molecule has 1 amide bonds. The minimum Gasteiger partial charge on any atom is -0.493 e. The van der Waals surface area contributed by atoms with Crippen LogP contribution >= 0.6 is 0 Å². The molecule has 0 radical (unpaired) electrons. The van der Waals surface area contributed by atoms with Gasteiger partial charge in [-0.3, -0.25) is 4.79 Å². The van der Waals surface area contributed by atoms with Crippen molar-refractivity contribution in [1.82, 2.24) is 10.0 Å². The van der Waals surface area contributed by atoms with Crippen LogP contribution in [-0.4, -0.2) is 55.0 Å². The van der Waals surface area contributed by atoms with E-state index in [1.807, 2.05) is 0 Å². The first-order valence-electron chi connectivity index (χ1n) is 6.38. The van der Waals surface area contributed by atoms with Crippen LogP contribution in [-0.2, 0) is 10.0 Å². The highest BCUT2D eigenvalue weighted by Gasteiger charge is 2.17. The Bertz CT molecular complexity index is 604. The van der Waals surface area contributed by atoms with Gasteiger partial charge in [-0.05, 0) is 19.2 Å². The molecule has 0 bridgehead atoms. The van der Waals surface area contributed by atoms with Gasteiger partial charge < -0.3 is 19.5 Å². The lowest BCUT2D eigenvalue weighted by Crippen LogP contribution is -2.33. The van der Waals surface area contributed by atoms with Gasteiger partial charge in [-0.2, -0.15) is 0 Å². The average molecular weight is 332 g/mol. The lowest BCUT2D eigenvalue weighted by molar-refractivity contribution is 0.0955. The fourth-order valence-electron chi connectivity index (χ4n) is 1.72. The normalized spacial score (nSPS) is 10.9. The number of rotatable bonds is 8. The largest absolute Gasteiger partial charge is 0.493 e. The highest BCUT2D eigenvalue weighted by atomic mass is 32.2. The van der Waals surface area contributed by atoms with E-state index >= 15 is 0 Å². The molecule has 0 aromatic heterocycles. The third-order valence-corrected chi connectivity index (χ3v) is 4.26. The highest BCUT2D eigenvalue weighted by molar-refractivity contribution is 7.89. The van der Waals surface area contributed by atoms with Gasteiger partial charge >= 0.3 is 0 Å². The van der Waals surface area contributed by atoms with Crippen molar-refractivity contribution in [2.75, 3.05) is 40.7 Å². The van der Waals surface area contributed by atoms with Gasteiger partial charge in [0.2, 0.25) is 15.8 Å². The zero-order valence-corrected chi connectivity index (χ0v) is 13.7. The van der Waals surface area contributed by atoms with Crippen LogP contribution in [0.3, 0.4) is 0 Å². The number of ether oxygens (including phenoxy) is 3. The van der Waals surface area contributed by atoms with Gasteiger partial charge in [-0.25, -0.2) is 13.1 Å². The fraction of sp³-hybridized carbons (Fsp3) is 0.462. The molecular weight excluding hydrogens is 312 g/mol. The van der Waals surface area contributed by atoms with E-state index < -0.39 is 15.9 Å². The highest BCUT2D eigenvalue weighted by Crippen LogP contribution is 2.38. The average Bonchev–Trinajstić information content (AvgIpc) is 2.52. The number of carbonyl (C=O) groups is 1. The molecule has 0 aliphatic rings. The smallest absolute Gasteiger partial charge is 0.251 e. The summed E-state index contributed by atoms with van der Waals surface area (Å²) in [5, 5.41) is 2.52. The van der Waals surface area contributed by atoms with E-state index in [-0.39, 0.29) is 17.9 Å². The predicted octanol–water partition coefficient (Wildman–Crippen LogP) is -0.00860. The summed E-state index contributed by atoms with van der Waals surface area (Å²) >= 11 is 0. The van der Waals surface area contributed by atoms with Crippen LogP contribution in [0.25, 0.3) is 0 Å². The van der Waals surface area contributed by atoms with E-state index in [0.29, 0.717) is 17.2 Å². The lowest BCUT2D eigenvalue weighted by Gasteiger charge is -2.14. The monoisotopic (exact) mass is 332 g/mol. The van der Waals surface area contributed by atoms with E-state index in [9.17, 15) is 13.2 Å². The molecule has 8 nitrogen and oxygen atoms in total. The Kier molecular flexibility index (Phi) is 6.44. The molecule has 0 atom stereocenters. The molecule has 0 aliphatic carbocycles. The Hall–Kier alpha value is -2.00. The Morgan fingerprint density at radius 2 is 1.64 bits per heavy atom. The molecule has 0 spiro atoms. The molecule has 22 heavy (non-hydrogen) atoms. The summed E-state index contributed by atoms with van der Waals surface area (Å²) in [5.41, 5.74) is 0.274. The molecule has 0 saturated heterocycles. The number of sulfonamides is 1. The lowest BCUT2D eigenvalue weighted by atomic mass is 10.1. The first-order chi connectivity index (χ1) is 10.4. The summed E-state index contributed by atoms with van der Waals surface area (Å²) in [6, 6.07) is 2.98. The van der Waals surface area contributed by atoms with Crippen molar-refractivity contribution in [2.24, 2.45) is 0 Å². The first-order valence-corrected chi connectivity index (χ1v) is 8.03. The van der Waals surface area contributed by atoms with Gasteiger partial charge in [0, 0.05) is 12.1 Å². The number of methoxy groups -OCH3 is 3. The molecule has 0 heterocycles. The van der Waals surface area contributed by atoms with Crippen LogP contribution in [0.15, 0.2) is 12.1 Å². The van der Waals surface area contributed by atoms with Crippen LogP contribution < -0.4 is 24.2 Å². The molecule has 0 fully saturated rings. The first kappa shape index (κ1) is 18.1.